The fourth-order valence-corrected chi connectivity index (χ4v) is 4.06. The maximum Gasteiger partial charge on any atom is 0.325 e. The van der Waals surface area contributed by atoms with Crippen LogP contribution < -0.4 is 5.56 Å². The van der Waals surface area contributed by atoms with Crippen LogP contribution in [0.25, 0.3) is 21.9 Å². The van der Waals surface area contributed by atoms with Gasteiger partial charge < -0.3 is 4.74 Å². The van der Waals surface area contributed by atoms with E-state index in [4.69, 9.17) is 0 Å². The number of rotatable bonds is 6. The molecule has 0 saturated carbocycles. The maximum atomic E-state index is 13.7. The van der Waals surface area contributed by atoms with Crippen LogP contribution in [0.2, 0.25) is 0 Å². The Hall–Kier alpha value is -3.27. The smallest absolute Gasteiger partial charge is 0.325 e. The van der Waals surface area contributed by atoms with Crippen molar-refractivity contribution in [1.29, 1.82) is 0 Å². The number of para-hydroxylation sites is 3. The molecular formula is C20H16F2N4O3S. The van der Waals surface area contributed by atoms with E-state index in [0.29, 0.717) is 21.9 Å². The number of hydrogen-bond donors (Lipinski definition) is 0. The molecular weight excluding hydrogens is 414 g/mol. The van der Waals surface area contributed by atoms with Crippen LogP contribution in [-0.4, -0.2) is 32.2 Å². The van der Waals surface area contributed by atoms with Crippen molar-refractivity contribution in [1.82, 2.24) is 19.1 Å². The maximum absolute atomic E-state index is 13.7. The molecule has 0 saturated heterocycles. The summed E-state index contributed by atoms with van der Waals surface area (Å²) in [6.07, 6.45) is 0. The van der Waals surface area contributed by atoms with Gasteiger partial charge in [0.1, 0.15) is 12.4 Å². The van der Waals surface area contributed by atoms with Crippen molar-refractivity contribution in [2.75, 3.05) is 7.11 Å². The Morgan fingerprint density at radius 1 is 1.10 bits per heavy atom. The summed E-state index contributed by atoms with van der Waals surface area (Å²) in [5.41, 5.74) is 0.817. The van der Waals surface area contributed by atoms with Gasteiger partial charge in [0.05, 0.1) is 34.8 Å². The van der Waals surface area contributed by atoms with Crippen LogP contribution in [0, 0.1) is 0 Å². The van der Waals surface area contributed by atoms with Crippen molar-refractivity contribution in [3.8, 4) is 0 Å². The number of carbonyl (C=O) groups is 1. The van der Waals surface area contributed by atoms with Crippen LogP contribution in [0.5, 0.6) is 0 Å². The summed E-state index contributed by atoms with van der Waals surface area (Å²) in [6, 6.07) is 13.4. The number of ether oxygens (including phenoxy) is 1. The van der Waals surface area contributed by atoms with E-state index in [9.17, 15) is 18.4 Å². The Morgan fingerprint density at radius 2 is 1.80 bits per heavy atom. The van der Waals surface area contributed by atoms with Crippen LogP contribution in [-0.2, 0) is 21.8 Å². The largest absolute Gasteiger partial charge is 0.468 e. The van der Waals surface area contributed by atoms with E-state index in [1.807, 2.05) is 0 Å². The Bertz CT molecular complexity index is 1300. The number of hydrogen-bond acceptors (Lipinski definition) is 6. The van der Waals surface area contributed by atoms with Crippen LogP contribution in [0.15, 0.2) is 58.5 Å². The van der Waals surface area contributed by atoms with Gasteiger partial charge in [0, 0.05) is 0 Å². The van der Waals surface area contributed by atoms with Crippen molar-refractivity contribution in [2.24, 2.45) is 0 Å². The lowest BCUT2D eigenvalue weighted by Crippen LogP contribution is -2.27. The normalized spacial score (nSPS) is 11.5. The van der Waals surface area contributed by atoms with Crippen molar-refractivity contribution in [3.63, 3.8) is 0 Å². The van der Waals surface area contributed by atoms with Crippen molar-refractivity contribution < 1.29 is 18.3 Å². The third-order valence-electron chi connectivity index (χ3n) is 4.54. The number of esters is 1. The minimum atomic E-state index is -2.77. The molecule has 0 unspecified atom stereocenters. The highest BCUT2D eigenvalue weighted by Crippen LogP contribution is 2.28. The molecule has 4 aromatic rings. The van der Waals surface area contributed by atoms with Gasteiger partial charge in [-0.05, 0) is 24.3 Å². The quantitative estimate of drug-likeness (QED) is 0.264. The summed E-state index contributed by atoms with van der Waals surface area (Å²) in [6.45, 7) is -3.10. The topological polar surface area (TPSA) is 79.0 Å². The zero-order valence-electron chi connectivity index (χ0n) is 15.8. The minimum Gasteiger partial charge on any atom is -0.468 e. The third-order valence-corrected chi connectivity index (χ3v) is 5.51. The molecule has 0 atom stereocenters. The molecule has 2 aromatic heterocycles. The number of halogens is 2. The molecule has 4 rings (SSSR count). The average Bonchev–Trinajstić information content (AvgIpc) is 3.13. The molecule has 0 fully saturated rings. The summed E-state index contributed by atoms with van der Waals surface area (Å²) in [4.78, 5) is 33.5. The highest BCUT2D eigenvalue weighted by Gasteiger charge is 2.20. The second-order valence-electron chi connectivity index (χ2n) is 6.33. The first-order valence-corrected chi connectivity index (χ1v) is 9.91. The van der Waals surface area contributed by atoms with Crippen LogP contribution >= 0.6 is 11.8 Å². The van der Waals surface area contributed by atoms with Gasteiger partial charge in [-0.1, -0.05) is 36.0 Å². The molecule has 0 N–H and O–H groups in total. The number of alkyl halides is 2. The van der Waals surface area contributed by atoms with Crippen molar-refractivity contribution in [3.05, 3.63) is 64.7 Å². The minimum absolute atomic E-state index is 0.0327. The first-order valence-electron chi connectivity index (χ1n) is 8.92. The predicted octanol–water partition coefficient (Wildman–Crippen LogP) is 3.61. The number of carbonyl (C=O) groups excluding carboxylic acids is 1. The molecule has 0 aliphatic heterocycles. The van der Waals surface area contributed by atoms with E-state index >= 15 is 0 Å². The van der Waals surface area contributed by atoms with E-state index < -0.39 is 18.1 Å². The number of nitrogens with zero attached hydrogens (tertiary/aromatic N) is 4. The molecule has 7 nitrogen and oxygen atoms in total. The lowest BCUT2D eigenvalue weighted by Gasteiger charge is -2.12. The molecule has 0 bridgehead atoms. The van der Waals surface area contributed by atoms with E-state index in [1.165, 1.54) is 11.7 Å². The van der Waals surface area contributed by atoms with Gasteiger partial charge in [0.2, 0.25) is 0 Å². The van der Waals surface area contributed by atoms with Gasteiger partial charge >= 0.3 is 12.5 Å². The van der Waals surface area contributed by atoms with E-state index in [-0.39, 0.29) is 23.3 Å². The molecule has 2 aromatic carbocycles. The molecule has 0 aliphatic rings. The van der Waals surface area contributed by atoms with E-state index in [2.05, 4.69) is 14.7 Å². The van der Waals surface area contributed by atoms with Gasteiger partial charge in [-0.3, -0.25) is 18.7 Å². The molecule has 0 spiro atoms. The van der Waals surface area contributed by atoms with E-state index in [1.54, 1.807) is 48.5 Å². The highest BCUT2D eigenvalue weighted by atomic mass is 32.2. The van der Waals surface area contributed by atoms with Crippen molar-refractivity contribution in [2.45, 2.75) is 24.0 Å². The predicted molar refractivity (Wildman–Crippen MR) is 109 cm³/mol. The Kier molecular flexibility index (Phi) is 5.49. The third kappa shape index (κ3) is 3.65. The molecule has 10 heteroatoms. The Balaban J connectivity index is 1.76. The van der Waals surface area contributed by atoms with Gasteiger partial charge in [-0.2, -0.15) is 8.78 Å². The first kappa shape index (κ1) is 20.0. The lowest BCUT2D eigenvalue weighted by molar-refractivity contribution is -0.141. The molecule has 0 aliphatic carbocycles. The molecule has 154 valence electrons. The second-order valence-corrected chi connectivity index (χ2v) is 7.27. The number of fused-ring (bicyclic) bond motifs is 2. The standard InChI is InChI=1S/C20H16F2N4O3S/c1-29-17(27)10-25-18(28)12-6-2-3-7-13(12)24-20(25)30-11-16-23-14-8-4-5-9-15(14)26(16)19(21)22/h2-9,19H,10-11H2,1H3. The summed E-state index contributed by atoms with van der Waals surface area (Å²) in [5, 5.41) is 0.572. The monoisotopic (exact) mass is 430 g/mol. The summed E-state index contributed by atoms with van der Waals surface area (Å²) in [7, 11) is 1.22. The van der Waals surface area contributed by atoms with Crippen LogP contribution in [0.3, 0.4) is 0 Å². The van der Waals surface area contributed by atoms with Gasteiger partial charge in [-0.25, -0.2) is 9.97 Å². The number of benzene rings is 2. The zero-order valence-corrected chi connectivity index (χ0v) is 16.6. The molecule has 0 amide bonds. The van der Waals surface area contributed by atoms with Gasteiger partial charge in [0.15, 0.2) is 5.16 Å². The number of aromatic nitrogens is 4. The van der Waals surface area contributed by atoms with Gasteiger partial charge in [-0.15, -0.1) is 0 Å². The lowest BCUT2D eigenvalue weighted by atomic mass is 10.2. The summed E-state index contributed by atoms with van der Waals surface area (Å²) < 4.78 is 34.1. The van der Waals surface area contributed by atoms with Gasteiger partial charge in [0.25, 0.3) is 5.56 Å². The second kappa shape index (κ2) is 8.23. The van der Waals surface area contributed by atoms with Crippen molar-refractivity contribution >= 4 is 39.7 Å². The highest BCUT2D eigenvalue weighted by molar-refractivity contribution is 7.98. The fraction of sp³-hybridized carbons (Fsp3) is 0.200. The number of thioether (sulfide) groups is 1. The van der Waals surface area contributed by atoms with Crippen LogP contribution in [0.4, 0.5) is 8.78 Å². The Morgan fingerprint density at radius 3 is 2.53 bits per heavy atom. The van der Waals surface area contributed by atoms with Crippen LogP contribution in [0.1, 0.15) is 12.4 Å². The van der Waals surface area contributed by atoms with E-state index in [0.717, 1.165) is 16.3 Å². The Labute approximate surface area is 173 Å². The first-order chi connectivity index (χ1) is 14.5. The SMILES string of the molecule is COC(=O)Cn1c(SCc2nc3ccccc3n2C(F)F)nc2ccccc2c1=O. The summed E-state index contributed by atoms with van der Waals surface area (Å²) >= 11 is 1.06. The number of methoxy groups -OCH3 is 1. The molecule has 2 heterocycles. The molecule has 0 radical (unpaired) electrons. The average molecular weight is 430 g/mol. The zero-order chi connectivity index (χ0) is 21.3. The molecule has 30 heavy (non-hydrogen) atoms. The fourth-order valence-electron chi connectivity index (χ4n) is 3.13. The summed E-state index contributed by atoms with van der Waals surface area (Å²) in [5.74, 6) is -0.440. The number of imidazole rings is 1.